The van der Waals surface area contributed by atoms with Crippen molar-refractivity contribution < 1.29 is 9.15 Å². The van der Waals surface area contributed by atoms with Gasteiger partial charge in [-0.05, 0) is 30.5 Å². The van der Waals surface area contributed by atoms with E-state index in [-0.39, 0.29) is 5.41 Å². The Morgan fingerprint density at radius 1 is 1.25 bits per heavy atom. The zero-order chi connectivity index (χ0) is 14.0. The normalized spacial score (nSPS) is 18.1. The topological polar surface area (TPSA) is 48.2 Å². The van der Waals surface area contributed by atoms with E-state index < -0.39 is 0 Å². The minimum atomic E-state index is -0.220. The van der Waals surface area contributed by atoms with Gasteiger partial charge in [-0.2, -0.15) is 0 Å². The second kappa shape index (κ2) is 5.66. The van der Waals surface area contributed by atoms with Crippen molar-refractivity contribution >= 4 is 15.9 Å². The minimum absolute atomic E-state index is 0.220. The minimum Gasteiger partial charge on any atom is -0.424 e. The molecule has 0 aliphatic carbocycles. The zero-order valence-electron chi connectivity index (χ0n) is 11.4. The summed E-state index contributed by atoms with van der Waals surface area (Å²) in [7, 11) is 0. The lowest BCUT2D eigenvalue weighted by Crippen LogP contribution is -2.35. The van der Waals surface area contributed by atoms with Gasteiger partial charge in [0.05, 0.1) is 5.41 Å². The van der Waals surface area contributed by atoms with E-state index in [0.29, 0.717) is 5.89 Å². The molecule has 4 nitrogen and oxygen atoms in total. The van der Waals surface area contributed by atoms with Crippen molar-refractivity contribution in [1.29, 1.82) is 0 Å². The van der Waals surface area contributed by atoms with Crippen molar-refractivity contribution in [3.8, 4) is 0 Å². The van der Waals surface area contributed by atoms with E-state index in [1.54, 1.807) is 0 Å². The van der Waals surface area contributed by atoms with Crippen LogP contribution in [0.5, 0.6) is 0 Å². The Labute approximate surface area is 126 Å². The first-order chi connectivity index (χ1) is 9.74. The van der Waals surface area contributed by atoms with E-state index in [9.17, 15) is 0 Å². The molecule has 20 heavy (non-hydrogen) atoms. The Hall–Kier alpha value is -1.20. The highest BCUT2D eigenvalue weighted by atomic mass is 79.9. The third kappa shape index (κ3) is 2.40. The number of nitrogens with zero attached hydrogens (tertiary/aromatic N) is 2. The molecular formula is C15H17BrN2O2. The zero-order valence-corrected chi connectivity index (χ0v) is 13.0. The molecule has 0 saturated carbocycles. The summed E-state index contributed by atoms with van der Waals surface area (Å²) < 4.78 is 12.5. The van der Waals surface area contributed by atoms with Crippen molar-refractivity contribution in [2.75, 3.05) is 13.2 Å². The molecule has 0 radical (unpaired) electrons. The number of aryl methyl sites for hydroxylation is 1. The summed E-state index contributed by atoms with van der Waals surface area (Å²) in [4.78, 5) is 0. The summed E-state index contributed by atoms with van der Waals surface area (Å²) in [6.45, 7) is 3.46. The molecule has 0 amide bonds. The van der Waals surface area contributed by atoms with E-state index in [0.717, 1.165) is 42.8 Å². The van der Waals surface area contributed by atoms with Gasteiger partial charge in [-0.1, -0.05) is 35.0 Å². The van der Waals surface area contributed by atoms with Crippen molar-refractivity contribution in [3.05, 3.63) is 46.1 Å². The van der Waals surface area contributed by atoms with Crippen LogP contribution in [-0.2, 0) is 16.6 Å². The van der Waals surface area contributed by atoms with Gasteiger partial charge in [0.1, 0.15) is 0 Å². The molecular weight excluding hydrogens is 320 g/mol. The third-order valence-electron chi connectivity index (χ3n) is 3.90. The van der Waals surface area contributed by atoms with E-state index in [4.69, 9.17) is 9.15 Å². The molecule has 5 heteroatoms. The molecule has 3 rings (SSSR count). The molecule has 0 unspecified atom stereocenters. The lowest BCUT2D eigenvalue weighted by atomic mass is 9.74. The summed E-state index contributed by atoms with van der Waals surface area (Å²) in [6.07, 6.45) is 2.50. The van der Waals surface area contributed by atoms with Gasteiger partial charge in [0, 0.05) is 24.1 Å². The van der Waals surface area contributed by atoms with Crippen LogP contribution in [0.1, 0.15) is 37.1 Å². The third-order valence-corrected chi connectivity index (χ3v) is 4.40. The number of ether oxygens (including phenoxy) is 1. The van der Waals surface area contributed by atoms with Crippen molar-refractivity contribution in [3.63, 3.8) is 0 Å². The fraction of sp³-hybridized carbons (Fsp3) is 0.467. The second-order valence-corrected chi connectivity index (χ2v) is 5.98. The van der Waals surface area contributed by atoms with Crippen molar-refractivity contribution in [1.82, 2.24) is 10.2 Å². The number of hydrogen-bond donors (Lipinski definition) is 0. The lowest BCUT2D eigenvalue weighted by molar-refractivity contribution is 0.0540. The average Bonchev–Trinajstić information content (AvgIpc) is 2.97. The molecule has 1 saturated heterocycles. The van der Waals surface area contributed by atoms with Crippen LogP contribution < -0.4 is 0 Å². The predicted molar refractivity (Wildman–Crippen MR) is 78.7 cm³/mol. The summed E-state index contributed by atoms with van der Waals surface area (Å²) in [5.74, 6) is 1.41. The Balaban J connectivity index is 2.08. The van der Waals surface area contributed by atoms with Gasteiger partial charge in [-0.25, -0.2) is 0 Å². The first-order valence-electron chi connectivity index (χ1n) is 6.91. The molecule has 0 atom stereocenters. The van der Waals surface area contributed by atoms with Gasteiger partial charge in [0.15, 0.2) is 0 Å². The number of rotatable bonds is 3. The SMILES string of the molecule is CCc1nnc(C2(c3cccc(Br)c3)CCOCC2)o1. The first kappa shape index (κ1) is 13.8. The molecule has 2 aromatic rings. The predicted octanol–water partition coefficient (Wildman–Crippen LogP) is 3.49. The maximum absolute atomic E-state index is 5.88. The van der Waals surface area contributed by atoms with E-state index in [1.165, 1.54) is 5.56 Å². The summed E-state index contributed by atoms with van der Waals surface area (Å²) in [5, 5.41) is 8.44. The largest absolute Gasteiger partial charge is 0.424 e. The fourth-order valence-electron chi connectivity index (χ4n) is 2.72. The van der Waals surface area contributed by atoms with Gasteiger partial charge >= 0.3 is 0 Å². The summed E-state index contributed by atoms with van der Waals surface area (Å²) in [6, 6.07) is 8.35. The van der Waals surface area contributed by atoms with Crippen LogP contribution in [0.15, 0.2) is 33.2 Å². The number of benzene rings is 1. The highest BCUT2D eigenvalue weighted by molar-refractivity contribution is 9.10. The van der Waals surface area contributed by atoms with Gasteiger partial charge in [-0.3, -0.25) is 0 Å². The van der Waals surface area contributed by atoms with E-state index in [2.05, 4.69) is 38.3 Å². The molecule has 1 aliphatic heterocycles. The van der Waals surface area contributed by atoms with Crippen LogP contribution in [0.4, 0.5) is 0 Å². The van der Waals surface area contributed by atoms with Crippen molar-refractivity contribution in [2.24, 2.45) is 0 Å². The Morgan fingerprint density at radius 3 is 2.70 bits per heavy atom. The van der Waals surface area contributed by atoms with Crippen LogP contribution in [0.3, 0.4) is 0 Å². The van der Waals surface area contributed by atoms with Crippen LogP contribution in [-0.4, -0.2) is 23.4 Å². The Bertz CT molecular complexity index is 591. The summed E-state index contributed by atoms with van der Waals surface area (Å²) in [5.41, 5.74) is 0.990. The van der Waals surface area contributed by atoms with Crippen LogP contribution in [0, 0.1) is 0 Å². The van der Waals surface area contributed by atoms with Gasteiger partial charge in [-0.15, -0.1) is 10.2 Å². The van der Waals surface area contributed by atoms with Crippen LogP contribution in [0.2, 0.25) is 0 Å². The Morgan fingerprint density at radius 2 is 2.05 bits per heavy atom. The molecule has 0 bridgehead atoms. The van der Waals surface area contributed by atoms with E-state index >= 15 is 0 Å². The molecule has 1 aromatic carbocycles. The standard InChI is InChI=1S/C15H17BrN2O2/c1-2-13-17-18-14(20-13)15(6-8-19-9-7-15)11-4-3-5-12(16)10-11/h3-5,10H,2,6-9H2,1H3. The molecule has 106 valence electrons. The molecule has 0 N–H and O–H groups in total. The lowest BCUT2D eigenvalue weighted by Gasteiger charge is -2.34. The van der Waals surface area contributed by atoms with E-state index in [1.807, 2.05) is 19.1 Å². The molecule has 0 spiro atoms. The number of aromatic nitrogens is 2. The number of halogens is 1. The molecule has 1 aromatic heterocycles. The van der Waals surface area contributed by atoms with Gasteiger partial charge in [0.25, 0.3) is 0 Å². The molecule has 1 fully saturated rings. The fourth-order valence-corrected chi connectivity index (χ4v) is 3.12. The number of hydrogen-bond acceptors (Lipinski definition) is 4. The highest BCUT2D eigenvalue weighted by Crippen LogP contribution is 2.41. The summed E-state index contributed by atoms with van der Waals surface area (Å²) >= 11 is 3.55. The highest BCUT2D eigenvalue weighted by Gasteiger charge is 2.41. The van der Waals surface area contributed by atoms with Crippen LogP contribution in [0.25, 0.3) is 0 Å². The average molecular weight is 337 g/mol. The quantitative estimate of drug-likeness (QED) is 0.860. The smallest absolute Gasteiger partial charge is 0.227 e. The van der Waals surface area contributed by atoms with Gasteiger partial charge < -0.3 is 9.15 Å². The van der Waals surface area contributed by atoms with Crippen LogP contribution >= 0.6 is 15.9 Å². The molecule has 2 heterocycles. The molecule has 1 aliphatic rings. The maximum Gasteiger partial charge on any atom is 0.227 e. The first-order valence-corrected chi connectivity index (χ1v) is 7.70. The monoisotopic (exact) mass is 336 g/mol. The maximum atomic E-state index is 5.88. The van der Waals surface area contributed by atoms with Crippen molar-refractivity contribution in [2.45, 2.75) is 31.6 Å². The second-order valence-electron chi connectivity index (χ2n) is 5.06. The van der Waals surface area contributed by atoms with Gasteiger partial charge in [0.2, 0.25) is 11.8 Å². The Kier molecular flexibility index (Phi) is 3.89.